The van der Waals surface area contributed by atoms with Crippen LogP contribution < -0.4 is 10.1 Å². The minimum absolute atomic E-state index is 0.0615. The Bertz CT molecular complexity index is 753. The Labute approximate surface area is 142 Å². The van der Waals surface area contributed by atoms with E-state index in [9.17, 15) is 9.59 Å². The summed E-state index contributed by atoms with van der Waals surface area (Å²) in [5, 5.41) is 3.03. The number of aldehydes is 1. The van der Waals surface area contributed by atoms with Crippen molar-refractivity contribution >= 4 is 12.2 Å². The van der Waals surface area contributed by atoms with Crippen LogP contribution in [0.15, 0.2) is 36.4 Å². The maximum atomic E-state index is 12.3. The first-order valence-corrected chi connectivity index (χ1v) is 7.93. The molecule has 24 heavy (non-hydrogen) atoms. The summed E-state index contributed by atoms with van der Waals surface area (Å²) in [7, 11) is 1.51. The maximum absolute atomic E-state index is 12.3. The van der Waals surface area contributed by atoms with Crippen LogP contribution >= 0.6 is 0 Å². The fourth-order valence-electron chi connectivity index (χ4n) is 2.74. The predicted molar refractivity (Wildman–Crippen MR) is 94.6 cm³/mol. The zero-order valence-corrected chi connectivity index (χ0v) is 14.6. The van der Waals surface area contributed by atoms with Crippen molar-refractivity contribution < 1.29 is 14.3 Å². The molecule has 0 heterocycles. The number of rotatable bonds is 6. The molecule has 2 aromatic rings. The molecule has 1 unspecified atom stereocenters. The van der Waals surface area contributed by atoms with E-state index in [2.05, 4.69) is 23.5 Å². The zero-order chi connectivity index (χ0) is 17.7. The highest BCUT2D eigenvalue weighted by molar-refractivity contribution is 5.82. The molecular weight excluding hydrogens is 302 g/mol. The number of hydrogen-bond donors (Lipinski definition) is 1. The van der Waals surface area contributed by atoms with Crippen LogP contribution in [0.3, 0.4) is 0 Å². The monoisotopic (exact) mass is 325 g/mol. The highest BCUT2D eigenvalue weighted by atomic mass is 16.5. The first-order valence-electron chi connectivity index (χ1n) is 7.93. The highest BCUT2D eigenvalue weighted by Crippen LogP contribution is 2.21. The van der Waals surface area contributed by atoms with E-state index in [1.54, 1.807) is 18.2 Å². The Kier molecular flexibility index (Phi) is 5.74. The molecule has 1 N–H and O–H groups in total. The van der Waals surface area contributed by atoms with Crippen LogP contribution in [-0.2, 0) is 11.2 Å². The standard InChI is InChI=1S/C20H23NO3/c1-13-5-6-14(2)18(9-13)15(3)21-20(23)11-16-7-8-17(12-22)19(10-16)24-4/h5-10,12,15H,11H2,1-4H3,(H,21,23). The number of carbonyl (C=O) groups excluding carboxylic acids is 2. The van der Waals surface area contributed by atoms with Gasteiger partial charge in [-0.25, -0.2) is 0 Å². The number of methoxy groups -OCH3 is 1. The number of ether oxygens (including phenoxy) is 1. The minimum atomic E-state index is -0.0655. The Morgan fingerprint density at radius 1 is 1.21 bits per heavy atom. The predicted octanol–water partition coefficient (Wildman–Crippen LogP) is 3.54. The van der Waals surface area contributed by atoms with Crippen LogP contribution in [0.25, 0.3) is 0 Å². The van der Waals surface area contributed by atoms with Gasteiger partial charge in [0.05, 0.1) is 25.1 Å². The Balaban J connectivity index is 2.07. The molecule has 4 heteroatoms. The summed E-state index contributed by atoms with van der Waals surface area (Å²) in [6.45, 7) is 6.06. The number of benzene rings is 2. The van der Waals surface area contributed by atoms with E-state index in [1.165, 1.54) is 12.7 Å². The Morgan fingerprint density at radius 3 is 2.62 bits per heavy atom. The summed E-state index contributed by atoms with van der Waals surface area (Å²) in [6, 6.07) is 11.3. The molecule has 2 aromatic carbocycles. The average Bonchev–Trinajstić information content (AvgIpc) is 2.56. The van der Waals surface area contributed by atoms with Gasteiger partial charge < -0.3 is 10.1 Å². The van der Waals surface area contributed by atoms with E-state index in [-0.39, 0.29) is 18.4 Å². The van der Waals surface area contributed by atoms with E-state index in [4.69, 9.17) is 4.74 Å². The van der Waals surface area contributed by atoms with Crippen molar-refractivity contribution in [1.29, 1.82) is 0 Å². The van der Waals surface area contributed by atoms with Gasteiger partial charge in [-0.1, -0.05) is 29.8 Å². The molecule has 126 valence electrons. The largest absolute Gasteiger partial charge is 0.496 e. The van der Waals surface area contributed by atoms with Crippen molar-refractivity contribution in [3.8, 4) is 5.75 Å². The van der Waals surface area contributed by atoms with Crippen LogP contribution in [0.5, 0.6) is 5.75 Å². The quantitative estimate of drug-likeness (QED) is 0.827. The molecule has 0 aromatic heterocycles. The van der Waals surface area contributed by atoms with Gasteiger partial charge in [-0.2, -0.15) is 0 Å². The number of amides is 1. The summed E-state index contributed by atoms with van der Waals surface area (Å²) in [5.41, 5.74) is 4.74. The van der Waals surface area contributed by atoms with Crippen molar-refractivity contribution in [1.82, 2.24) is 5.32 Å². The van der Waals surface area contributed by atoms with Crippen LogP contribution in [0.1, 0.15) is 45.6 Å². The number of aryl methyl sites for hydroxylation is 2. The molecule has 0 radical (unpaired) electrons. The summed E-state index contributed by atoms with van der Waals surface area (Å²) >= 11 is 0. The molecule has 0 saturated heterocycles. The number of nitrogens with one attached hydrogen (secondary N) is 1. The summed E-state index contributed by atoms with van der Waals surface area (Å²) in [4.78, 5) is 23.2. The van der Waals surface area contributed by atoms with Gasteiger partial charge in [-0.15, -0.1) is 0 Å². The van der Waals surface area contributed by atoms with Gasteiger partial charge in [-0.3, -0.25) is 9.59 Å². The van der Waals surface area contributed by atoms with Gasteiger partial charge in [0.25, 0.3) is 0 Å². The number of carbonyl (C=O) groups is 2. The van der Waals surface area contributed by atoms with Gasteiger partial charge in [0, 0.05) is 0 Å². The summed E-state index contributed by atoms with van der Waals surface area (Å²) < 4.78 is 5.17. The average molecular weight is 325 g/mol. The lowest BCUT2D eigenvalue weighted by Gasteiger charge is -2.17. The molecule has 0 spiro atoms. The van der Waals surface area contributed by atoms with Crippen molar-refractivity contribution in [2.24, 2.45) is 0 Å². The van der Waals surface area contributed by atoms with Crippen LogP contribution in [0.2, 0.25) is 0 Å². The van der Waals surface area contributed by atoms with Gasteiger partial charge in [0.2, 0.25) is 5.91 Å². The topological polar surface area (TPSA) is 55.4 Å². The van der Waals surface area contributed by atoms with E-state index >= 15 is 0 Å². The lowest BCUT2D eigenvalue weighted by Crippen LogP contribution is -2.28. The van der Waals surface area contributed by atoms with Crippen molar-refractivity contribution in [3.63, 3.8) is 0 Å². The first-order chi connectivity index (χ1) is 11.4. The van der Waals surface area contributed by atoms with E-state index in [1.807, 2.05) is 20.8 Å². The van der Waals surface area contributed by atoms with Crippen LogP contribution in [-0.4, -0.2) is 19.3 Å². The van der Waals surface area contributed by atoms with Gasteiger partial charge in [0.1, 0.15) is 5.75 Å². The third-order valence-electron chi connectivity index (χ3n) is 4.07. The molecule has 2 rings (SSSR count). The minimum Gasteiger partial charge on any atom is -0.496 e. The third-order valence-corrected chi connectivity index (χ3v) is 4.07. The summed E-state index contributed by atoms with van der Waals surface area (Å²) in [5.74, 6) is 0.419. The second-order valence-electron chi connectivity index (χ2n) is 6.02. The first kappa shape index (κ1) is 17.7. The molecule has 0 aliphatic carbocycles. The molecule has 0 saturated carbocycles. The van der Waals surface area contributed by atoms with Crippen molar-refractivity contribution in [2.45, 2.75) is 33.2 Å². The van der Waals surface area contributed by atoms with Gasteiger partial charge in [-0.05, 0) is 49.6 Å². The van der Waals surface area contributed by atoms with Crippen LogP contribution in [0.4, 0.5) is 0 Å². The lowest BCUT2D eigenvalue weighted by molar-refractivity contribution is -0.121. The number of hydrogen-bond acceptors (Lipinski definition) is 3. The molecule has 0 aliphatic heterocycles. The normalized spacial score (nSPS) is 11.7. The Hall–Kier alpha value is -2.62. The second kappa shape index (κ2) is 7.77. The maximum Gasteiger partial charge on any atom is 0.224 e. The molecule has 0 bridgehead atoms. The van der Waals surface area contributed by atoms with Crippen molar-refractivity contribution in [3.05, 3.63) is 64.2 Å². The SMILES string of the molecule is COc1cc(CC(=O)NC(C)c2cc(C)ccc2C)ccc1C=O. The van der Waals surface area contributed by atoms with E-state index in [0.717, 1.165) is 23.0 Å². The van der Waals surface area contributed by atoms with Crippen LogP contribution in [0, 0.1) is 13.8 Å². The lowest BCUT2D eigenvalue weighted by atomic mass is 9.99. The molecular formula is C20H23NO3. The Morgan fingerprint density at radius 2 is 1.96 bits per heavy atom. The molecule has 4 nitrogen and oxygen atoms in total. The van der Waals surface area contributed by atoms with Crippen molar-refractivity contribution in [2.75, 3.05) is 7.11 Å². The van der Waals surface area contributed by atoms with Gasteiger partial charge >= 0.3 is 0 Å². The molecule has 1 amide bonds. The van der Waals surface area contributed by atoms with Gasteiger partial charge in [0.15, 0.2) is 6.29 Å². The smallest absolute Gasteiger partial charge is 0.224 e. The zero-order valence-electron chi connectivity index (χ0n) is 14.6. The molecule has 0 aliphatic rings. The van der Waals surface area contributed by atoms with E-state index in [0.29, 0.717) is 11.3 Å². The fraction of sp³-hybridized carbons (Fsp3) is 0.300. The second-order valence-corrected chi connectivity index (χ2v) is 6.02. The van der Waals surface area contributed by atoms with E-state index < -0.39 is 0 Å². The molecule has 0 fully saturated rings. The highest BCUT2D eigenvalue weighted by Gasteiger charge is 2.13. The third kappa shape index (κ3) is 4.22. The summed E-state index contributed by atoms with van der Waals surface area (Å²) in [6.07, 6.45) is 0.982. The fourth-order valence-corrected chi connectivity index (χ4v) is 2.74. The molecule has 1 atom stereocenters.